The van der Waals surface area contributed by atoms with Crippen molar-refractivity contribution in [3.8, 4) is 0 Å². The molecular weight excluding hydrogens is 516 g/mol. The zero-order valence-corrected chi connectivity index (χ0v) is 21.7. The number of halogens is 3. The van der Waals surface area contributed by atoms with Gasteiger partial charge in [-0.3, -0.25) is 10.3 Å². The molecule has 0 bridgehead atoms. The average molecular weight is 544 g/mol. The van der Waals surface area contributed by atoms with E-state index < -0.39 is 11.6 Å². The number of hydrazone groups is 1. The molecule has 1 heterocycles. The standard InChI is InChI=1S/C27H28ClF2N5OS/c28-23-9-5-4-8-20(23)15-34-10-11-35(16-22(34)18-36-17-19-6-2-1-3-7-19)26-13-24(29)21(12-25(26)30)14-32-33-27(31)37/h1-9,12-14,22H,10-11,15-18H2,(H3,31,33,37)/b32-14+. The largest absolute Gasteiger partial charge is 0.375 e. The number of hydrogen-bond acceptors (Lipinski definition) is 5. The third kappa shape index (κ3) is 7.45. The fourth-order valence-electron chi connectivity index (χ4n) is 4.27. The van der Waals surface area contributed by atoms with Gasteiger partial charge in [0, 0.05) is 42.8 Å². The van der Waals surface area contributed by atoms with Crippen LogP contribution in [0.1, 0.15) is 16.7 Å². The predicted molar refractivity (Wildman–Crippen MR) is 148 cm³/mol. The van der Waals surface area contributed by atoms with E-state index >= 15 is 4.39 Å². The first kappa shape index (κ1) is 26.9. The molecule has 3 N–H and O–H groups in total. The van der Waals surface area contributed by atoms with Crippen LogP contribution < -0.4 is 16.1 Å². The van der Waals surface area contributed by atoms with Crippen LogP contribution in [-0.4, -0.2) is 48.5 Å². The fourth-order valence-corrected chi connectivity index (χ4v) is 4.52. The van der Waals surface area contributed by atoms with Crippen molar-refractivity contribution in [2.24, 2.45) is 10.8 Å². The van der Waals surface area contributed by atoms with E-state index in [9.17, 15) is 4.39 Å². The smallest absolute Gasteiger partial charge is 0.184 e. The van der Waals surface area contributed by atoms with Crippen molar-refractivity contribution in [3.63, 3.8) is 0 Å². The molecule has 0 aliphatic carbocycles. The Morgan fingerprint density at radius 3 is 2.62 bits per heavy atom. The van der Waals surface area contributed by atoms with E-state index in [4.69, 9.17) is 22.1 Å². The summed E-state index contributed by atoms with van der Waals surface area (Å²) in [6, 6.07) is 19.9. The third-order valence-corrected chi connectivity index (χ3v) is 6.60. The Hall–Kier alpha value is -3.11. The van der Waals surface area contributed by atoms with Gasteiger partial charge < -0.3 is 15.4 Å². The maximum atomic E-state index is 15.1. The lowest BCUT2D eigenvalue weighted by Gasteiger charge is -2.42. The Balaban J connectivity index is 1.50. The quantitative estimate of drug-likeness (QED) is 0.232. The highest BCUT2D eigenvalue weighted by molar-refractivity contribution is 7.80. The van der Waals surface area contributed by atoms with E-state index in [1.54, 1.807) is 0 Å². The van der Waals surface area contributed by atoms with Gasteiger partial charge in [0.25, 0.3) is 0 Å². The number of hydrogen-bond donors (Lipinski definition) is 2. The van der Waals surface area contributed by atoms with Crippen LogP contribution in [0.4, 0.5) is 14.5 Å². The van der Waals surface area contributed by atoms with Gasteiger partial charge in [-0.15, -0.1) is 0 Å². The SMILES string of the molecule is NC(=S)N/N=C/c1cc(F)c(N2CCN(Cc3ccccc3Cl)C(COCc3ccccc3)C2)cc1F. The van der Waals surface area contributed by atoms with Crippen LogP contribution in [-0.2, 0) is 17.9 Å². The van der Waals surface area contributed by atoms with Gasteiger partial charge in [0.2, 0.25) is 0 Å². The van der Waals surface area contributed by atoms with E-state index in [-0.39, 0.29) is 22.4 Å². The van der Waals surface area contributed by atoms with Gasteiger partial charge in [-0.2, -0.15) is 5.10 Å². The highest BCUT2D eigenvalue weighted by Crippen LogP contribution is 2.27. The van der Waals surface area contributed by atoms with E-state index in [0.29, 0.717) is 44.4 Å². The van der Waals surface area contributed by atoms with Crippen molar-refractivity contribution >= 4 is 40.8 Å². The maximum Gasteiger partial charge on any atom is 0.184 e. The minimum atomic E-state index is -0.597. The van der Waals surface area contributed by atoms with Crippen LogP contribution in [0, 0.1) is 11.6 Å². The second kappa shape index (κ2) is 12.9. The van der Waals surface area contributed by atoms with Crippen molar-refractivity contribution in [1.82, 2.24) is 10.3 Å². The lowest BCUT2D eigenvalue weighted by molar-refractivity contribution is 0.0411. The molecule has 0 saturated carbocycles. The molecule has 1 saturated heterocycles. The van der Waals surface area contributed by atoms with Gasteiger partial charge in [-0.05, 0) is 35.5 Å². The summed E-state index contributed by atoms with van der Waals surface area (Å²) in [7, 11) is 0. The zero-order valence-electron chi connectivity index (χ0n) is 20.1. The van der Waals surface area contributed by atoms with Crippen LogP contribution >= 0.6 is 23.8 Å². The summed E-state index contributed by atoms with van der Waals surface area (Å²) in [5.41, 5.74) is 9.91. The maximum absolute atomic E-state index is 15.1. The van der Waals surface area contributed by atoms with Crippen molar-refractivity contribution in [3.05, 3.63) is 100 Å². The molecule has 3 aromatic carbocycles. The highest BCUT2D eigenvalue weighted by atomic mass is 35.5. The second-order valence-electron chi connectivity index (χ2n) is 8.72. The minimum Gasteiger partial charge on any atom is -0.375 e. The molecule has 1 aliphatic rings. The predicted octanol–water partition coefficient (Wildman–Crippen LogP) is 4.69. The lowest BCUT2D eigenvalue weighted by Crippen LogP contribution is -2.54. The summed E-state index contributed by atoms with van der Waals surface area (Å²) >= 11 is 11.1. The number of piperazine rings is 1. The molecule has 0 spiro atoms. The van der Waals surface area contributed by atoms with Crippen molar-refractivity contribution in [2.45, 2.75) is 19.2 Å². The molecule has 37 heavy (non-hydrogen) atoms. The molecule has 10 heteroatoms. The van der Waals surface area contributed by atoms with E-state index in [1.807, 2.05) is 59.5 Å². The second-order valence-corrected chi connectivity index (χ2v) is 9.57. The summed E-state index contributed by atoms with van der Waals surface area (Å²) < 4.78 is 35.9. The van der Waals surface area contributed by atoms with Crippen LogP contribution in [0.3, 0.4) is 0 Å². The Morgan fingerprint density at radius 2 is 1.86 bits per heavy atom. The van der Waals surface area contributed by atoms with Gasteiger partial charge in [-0.1, -0.05) is 60.1 Å². The summed E-state index contributed by atoms with van der Waals surface area (Å²) in [5.74, 6) is -1.14. The first-order chi connectivity index (χ1) is 17.9. The number of ether oxygens (including phenoxy) is 1. The normalized spacial score (nSPS) is 16.3. The van der Waals surface area contributed by atoms with Gasteiger partial charge in [0.05, 0.1) is 31.2 Å². The highest BCUT2D eigenvalue weighted by Gasteiger charge is 2.29. The van der Waals surface area contributed by atoms with Crippen molar-refractivity contribution in [2.75, 3.05) is 31.1 Å². The van der Waals surface area contributed by atoms with Crippen molar-refractivity contribution in [1.29, 1.82) is 0 Å². The molecule has 1 unspecified atom stereocenters. The number of nitrogens with two attached hydrogens (primary N) is 1. The Morgan fingerprint density at radius 1 is 1.11 bits per heavy atom. The lowest BCUT2D eigenvalue weighted by atomic mass is 10.1. The number of benzene rings is 3. The summed E-state index contributed by atoms with van der Waals surface area (Å²) in [5, 5.41) is 4.35. The molecule has 0 radical (unpaired) electrons. The zero-order chi connectivity index (χ0) is 26.2. The first-order valence-electron chi connectivity index (χ1n) is 11.8. The topological polar surface area (TPSA) is 66.1 Å². The molecule has 6 nitrogen and oxygen atoms in total. The Bertz CT molecular complexity index is 1250. The van der Waals surface area contributed by atoms with Crippen LogP contribution in [0.25, 0.3) is 0 Å². The Labute approximate surface area is 225 Å². The van der Waals surface area contributed by atoms with Crippen LogP contribution in [0.15, 0.2) is 71.8 Å². The molecule has 1 aliphatic heterocycles. The Kier molecular flexibility index (Phi) is 9.40. The molecule has 1 atom stereocenters. The number of rotatable bonds is 9. The summed E-state index contributed by atoms with van der Waals surface area (Å²) in [6.07, 6.45) is 1.14. The molecule has 4 rings (SSSR count). The van der Waals surface area contributed by atoms with E-state index in [0.717, 1.165) is 23.4 Å². The average Bonchev–Trinajstić information content (AvgIpc) is 2.88. The fraction of sp³-hybridized carbons (Fsp3) is 0.259. The molecule has 0 amide bonds. The summed E-state index contributed by atoms with van der Waals surface area (Å²) in [6.45, 7) is 3.14. The summed E-state index contributed by atoms with van der Waals surface area (Å²) in [4.78, 5) is 4.13. The van der Waals surface area contributed by atoms with E-state index in [2.05, 4.69) is 27.6 Å². The molecule has 1 fully saturated rings. The van der Waals surface area contributed by atoms with Crippen LogP contribution in [0.5, 0.6) is 0 Å². The molecule has 0 aromatic heterocycles. The van der Waals surface area contributed by atoms with Crippen LogP contribution in [0.2, 0.25) is 5.02 Å². The minimum absolute atomic E-state index is 0.00917. The number of anilines is 1. The van der Waals surface area contributed by atoms with Crippen molar-refractivity contribution < 1.29 is 13.5 Å². The number of nitrogens with zero attached hydrogens (tertiary/aromatic N) is 3. The van der Waals surface area contributed by atoms with Gasteiger partial charge in [0.15, 0.2) is 5.11 Å². The van der Waals surface area contributed by atoms with E-state index in [1.165, 1.54) is 6.07 Å². The molecule has 3 aromatic rings. The molecule has 194 valence electrons. The monoisotopic (exact) mass is 543 g/mol. The third-order valence-electron chi connectivity index (χ3n) is 6.14. The van der Waals surface area contributed by atoms with Gasteiger partial charge >= 0.3 is 0 Å². The number of thiocarbonyl (C=S) groups is 1. The first-order valence-corrected chi connectivity index (χ1v) is 12.6. The van der Waals surface area contributed by atoms with Gasteiger partial charge in [0.1, 0.15) is 11.6 Å². The number of nitrogens with one attached hydrogen (secondary N) is 1. The van der Waals surface area contributed by atoms with Gasteiger partial charge in [-0.25, -0.2) is 8.78 Å². The molecular formula is C27H28ClF2N5OS.